The van der Waals surface area contributed by atoms with Crippen molar-refractivity contribution >= 4 is 11.8 Å². The summed E-state index contributed by atoms with van der Waals surface area (Å²) >= 11 is 1.39. The van der Waals surface area contributed by atoms with E-state index in [1.54, 1.807) is 6.07 Å². The van der Waals surface area contributed by atoms with Gasteiger partial charge < -0.3 is 5.11 Å². The van der Waals surface area contributed by atoms with Crippen LogP contribution in [-0.2, 0) is 0 Å². The van der Waals surface area contributed by atoms with Crippen molar-refractivity contribution in [2.45, 2.75) is 4.90 Å². The van der Waals surface area contributed by atoms with Gasteiger partial charge in [-0.3, -0.25) is 0 Å². The number of phenolic OH excluding ortho intramolecular Hbond substituents is 1. The molecule has 10 heavy (non-hydrogen) atoms. The number of aromatic hydroxyl groups is 1. The molecule has 0 aliphatic carbocycles. The molecule has 0 aliphatic rings. The molecule has 0 heterocycles. The average Bonchev–Trinajstić information content (AvgIpc) is 1.88. The summed E-state index contributed by atoms with van der Waals surface area (Å²) in [4.78, 5) is 0.696. The number of phenols is 1. The van der Waals surface area contributed by atoms with E-state index in [1.807, 2.05) is 6.26 Å². The number of hydrogen-bond donors (Lipinski definition) is 1. The molecule has 0 aromatic heterocycles. The highest BCUT2D eigenvalue weighted by atomic mass is 32.2. The third-order valence-electron chi connectivity index (χ3n) is 1.14. The van der Waals surface area contributed by atoms with Crippen LogP contribution in [-0.4, -0.2) is 11.4 Å². The van der Waals surface area contributed by atoms with Gasteiger partial charge in [0.1, 0.15) is 11.6 Å². The third kappa shape index (κ3) is 1.42. The summed E-state index contributed by atoms with van der Waals surface area (Å²) in [7, 11) is 0. The molecular weight excluding hydrogens is 151 g/mol. The summed E-state index contributed by atoms with van der Waals surface area (Å²) < 4.78 is 12.3. The van der Waals surface area contributed by atoms with Crippen LogP contribution < -0.4 is 0 Å². The summed E-state index contributed by atoms with van der Waals surface area (Å²) in [6.45, 7) is 0. The minimum Gasteiger partial charge on any atom is -0.507 e. The molecule has 0 spiro atoms. The Hall–Kier alpha value is -0.700. The summed E-state index contributed by atoms with van der Waals surface area (Å²) in [6, 6.07) is 3.98. The van der Waals surface area contributed by atoms with Gasteiger partial charge in [0, 0.05) is 11.0 Å². The van der Waals surface area contributed by atoms with Gasteiger partial charge in [-0.1, -0.05) is 0 Å². The van der Waals surface area contributed by atoms with Crippen LogP contribution in [0, 0.1) is 5.82 Å². The molecule has 0 amide bonds. The first-order chi connectivity index (χ1) is 4.74. The summed E-state index contributed by atoms with van der Waals surface area (Å²) in [5, 5.41) is 9.03. The fraction of sp³-hybridized carbons (Fsp3) is 0.143. The van der Waals surface area contributed by atoms with Crippen LogP contribution in [0.5, 0.6) is 5.75 Å². The smallest absolute Gasteiger partial charge is 0.132 e. The molecule has 1 N–H and O–H groups in total. The average molecular weight is 158 g/mol. The zero-order chi connectivity index (χ0) is 7.56. The minimum atomic E-state index is -0.407. The highest BCUT2D eigenvalue weighted by Gasteiger charge is 1.98. The van der Waals surface area contributed by atoms with Crippen molar-refractivity contribution in [2.24, 2.45) is 0 Å². The molecule has 0 fully saturated rings. The molecule has 3 heteroatoms. The number of rotatable bonds is 1. The Bertz CT molecular complexity index is 237. The zero-order valence-electron chi connectivity index (χ0n) is 5.47. The van der Waals surface area contributed by atoms with Crippen molar-refractivity contribution in [1.29, 1.82) is 0 Å². The van der Waals surface area contributed by atoms with Crippen molar-refractivity contribution in [3.8, 4) is 5.75 Å². The molecule has 0 atom stereocenters. The van der Waals surface area contributed by atoms with Crippen molar-refractivity contribution in [3.63, 3.8) is 0 Å². The fourth-order valence-electron chi connectivity index (χ4n) is 0.663. The molecule has 1 aromatic rings. The lowest BCUT2D eigenvalue weighted by Gasteiger charge is -1.98. The Morgan fingerprint density at radius 3 is 2.70 bits per heavy atom. The number of thioether (sulfide) groups is 1. The molecular formula is C7H7FOS. The predicted molar refractivity (Wildman–Crippen MR) is 39.8 cm³/mol. The van der Waals surface area contributed by atoms with Crippen LogP contribution in [0.25, 0.3) is 0 Å². The molecule has 0 saturated heterocycles. The van der Waals surface area contributed by atoms with Crippen LogP contribution in [0.3, 0.4) is 0 Å². The predicted octanol–water partition coefficient (Wildman–Crippen LogP) is 2.25. The molecule has 1 rings (SSSR count). The highest BCUT2D eigenvalue weighted by molar-refractivity contribution is 7.98. The quantitative estimate of drug-likeness (QED) is 0.632. The SMILES string of the molecule is CSc1ccc(F)cc1O. The van der Waals surface area contributed by atoms with Gasteiger partial charge in [-0.25, -0.2) is 4.39 Å². The van der Waals surface area contributed by atoms with Gasteiger partial charge in [0.05, 0.1) is 0 Å². The van der Waals surface area contributed by atoms with Gasteiger partial charge in [-0.05, 0) is 18.4 Å². The summed E-state index contributed by atoms with van der Waals surface area (Å²) in [6.07, 6.45) is 1.83. The Morgan fingerprint density at radius 1 is 1.50 bits per heavy atom. The van der Waals surface area contributed by atoms with Crippen LogP contribution in [0.4, 0.5) is 4.39 Å². The summed E-state index contributed by atoms with van der Waals surface area (Å²) in [5.41, 5.74) is 0. The topological polar surface area (TPSA) is 20.2 Å². The van der Waals surface area contributed by atoms with E-state index in [-0.39, 0.29) is 5.75 Å². The van der Waals surface area contributed by atoms with Gasteiger partial charge in [0.25, 0.3) is 0 Å². The first-order valence-corrected chi connectivity index (χ1v) is 3.99. The van der Waals surface area contributed by atoms with Crippen LogP contribution in [0.2, 0.25) is 0 Å². The van der Waals surface area contributed by atoms with Gasteiger partial charge in [0.2, 0.25) is 0 Å². The van der Waals surface area contributed by atoms with E-state index < -0.39 is 5.82 Å². The highest BCUT2D eigenvalue weighted by Crippen LogP contribution is 2.26. The van der Waals surface area contributed by atoms with Gasteiger partial charge in [-0.15, -0.1) is 11.8 Å². The number of hydrogen-bond acceptors (Lipinski definition) is 2. The fourth-order valence-corrected chi connectivity index (χ4v) is 1.14. The Labute approximate surface area is 62.9 Å². The maximum atomic E-state index is 12.3. The number of benzene rings is 1. The standard InChI is InChI=1S/C7H7FOS/c1-10-7-3-2-5(8)4-6(7)9/h2-4,9H,1H3. The third-order valence-corrected chi connectivity index (χ3v) is 1.93. The maximum Gasteiger partial charge on any atom is 0.132 e. The van der Waals surface area contributed by atoms with Gasteiger partial charge in [0.15, 0.2) is 0 Å². The lowest BCUT2D eigenvalue weighted by atomic mass is 10.3. The Morgan fingerprint density at radius 2 is 2.20 bits per heavy atom. The normalized spacial score (nSPS) is 9.80. The maximum absolute atomic E-state index is 12.3. The Kier molecular flexibility index (Phi) is 2.17. The van der Waals surface area contributed by atoms with Gasteiger partial charge >= 0.3 is 0 Å². The molecule has 0 radical (unpaired) electrons. The van der Waals surface area contributed by atoms with E-state index in [0.29, 0.717) is 4.90 Å². The van der Waals surface area contributed by atoms with Crippen molar-refractivity contribution in [1.82, 2.24) is 0 Å². The van der Waals surface area contributed by atoms with Gasteiger partial charge in [-0.2, -0.15) is 0 Å². The minimum absolute atomic E-state index is 0.00694. The van der Waals surface area contributed by atoms with E-state index in [2.05, 4.69) is 0 Å². The van der Waals surface area contributed by atoms with Crippen LogP contribution in [0.15, 0.2) is 23.1 Å². The van der Waals surface area contributed by atoms with E-state index >= 15 is 0 Å². The molecule has 1 aromatic carbocycles. The molecule has 1 nitrogen and oxygen atoms in total. The largest absolute Gasteiger partial charge is 0.507 e. The van der Waals surface area contributed by atoms with Crippen molar-refractivity contribution in [2.75, 3.05) is 6.26 Å². The van der Waals surface area contributed by atoms with E-state index in [0.717, 1.165) is 6.07 Å². The molecule has 0 unspecified atom stereocenters. The van der Waals surface area contributed by atoms with E-state index in [9.17, 15) is 4.39 Å². The van der Waals surface area contributed by atoms with E-state index in [1.165, 1.54) is 17.8 Å². The molecule has 54 valence electrons. The molecule has 0 saturated carbocycles. The second-order valence-corrected chi connectivity index (χ2v) is 2.66. The monoisotopic (exact) mass is 158 g/mol. The number of halogens is 1. The molecule has 0 aliphatic heterocycles. The lowest BCUT2D eigenvalue weighted by Crippen LogP contribution is -1.75. The van der Waals surface area contributed by atoms with Crippen LogP contribution >= 0.6 is 11.8 Å². The summed E-state index contributed by atoms with van der Waals surface area (Å²) in [5.74, 6) is -0.400. The first kappa shape index (κ1) is 7.41. The van der Waals surface area contributed by atoms with Crippen molar-refractivity contribution < 1.29 is 9.50 Å². The second kappa shape index (κ2) is 2.92. The molecule has 0 bridgehead atoms. The Balaban J connectivity index is 3.07. The zero-order valence-corrected chi connectivity index (χ0v) is 6.28. The van der Waals surface area contributed by atoms with Crippen molar-refractivity contribution in [3.05, 3.63) is 24.0 Å². The van der Waals surface area contributed by atoms with E-state index in [4.69, 9.17) is 5.11 Å². The lowest BCUT2D eigenvalue weighted by molar-refractivity contribution is 0.456. The second-order valence-electron chi connectivity index (χ2n) is 1.82. The van der Waals surface area contributed by atoms with Crippen LogP contribution in [0.1, 0.15) is 0 Å². The first-order valence-electron chi connectivity index (χ1n) is 2.76.